The van der Waals surface area contributed by atoms with Gasteiger partial charge in [-0.2, -0.15) is 0 Å². The van der Waals surface area contributed by atoms with E-state index in [1.165, 1.54) is 12.1 Å². The van der Waals surface area contributed by atoms with Gasteiger partial charge in [-0.3, -0.25) is 4.79 Å². The van der Waals surface area contributed by atoms with Crippen molar-refractivity contribution in [3.8, 4) is 11.3 Å². The Labute approximate surface area is 245 Å². The van der Waals surface area contributed by atoms with E-state index in [4.69, 9.17) is 9.52 Å². The van der Waals surface area contributed by atoms with E-state index in [2.05, 4.69) is 9.89 Å². The SMILES string of the molecule is CC[N+](CCCCCC(=O)O)=c1ccc2cc3c(oc-2c1)C(S(=O)(=O)[O-])=C(Nc1ccc(S(=O)(=O)[O-])cc1)CC3(C)C. The number of nitrogens with one attached hydrogen (secondary N) is 1. The minimum Gasteiger partial charge on any atom is -0.744 e. The van der Waals surface area contributed by atoms with Crippen LogP contribution in [0, 0.1) is 0 Å². The summed E-state index contributed by atoms with van der Waals surface area (Å²) in [7, 11) is -9.70. The van der Waals surface area contributed by atoms with Crippen LogP contribution in [0.1, 0.15) is 64.2 Å². The van der Waals surface area contributed by atoms with Gasteiger partial charge < -0.3 is 23.9 Å². The van der Waals surface area contributed by atoms with Crippen LogP contribution in [0.5, 0.6) is 0 Å². The number of carboxylic acids is 1. The highest BCUT2D eigenvalue weighted by atomic mass is 32.2. The minimum atomic E-state index is -5.04. The Morgan fingerprint density at radius 3 is 2.29 bits per heavy atom. The number of carbonyl (C=O) groups is 1. The molecule has 0 bridgehead atoms. The first-order valence-corrected chi connectivity index (χ1v) is 16.3. The van der Waals surface area contributed by atoms with Crippen LogP contribution in [0.2, 0.25) is 0 Å². The van der Waals surface area contributed by atoms with Crippen molar-refractivity contribution in [2.45, 2.75) is 63.2 Å². The molecule has 0 fully saturated rings. The summed E-state index contributed by atoms with van der Waals surface area (Å²) in [6.07, 6.45) is 2.43. The normalized spacial score (nSPS) is 15.8. The second-order valence-corrected chi connectivity index (χ2v) is 13.6. The average Bonchev–Trinajstić information content (AvgIpc) is 2.88. The Hall–Kier alpha value is -3.52. The number of hydrogen-bond acceptors (Lipinski definition) is 9. The smallest absolute Gasteiger partial charge is 0.303 e. The maximum atomic E-state index is 12.6. The Balaban J connectivity index is 1.80. The van der Waals surface area contributed by atoms with Gasteiger partial charge in [0.15, 0.2) is 5.76 Å². The van der Waals surface area contributed by atoms with E-state index in [9.17, 15) is 30.7 Å². The third-order valence-corrected chi connectivity index (χ3v) is 9.12. The van der Waals surface area contributed by atoms with Crippen LogP contribution in [-0.4, -0.2) is 50.1 Å². The molecule has 13 heteroatoms. The number of benzene rings is 2. The predicted molar refractivity (Wildman–Crippen MR) is 154 cm³/mol. The number of allylic oxidation sites excluding steroid dienone is 1. The van der Waals surface area contributed by atoms with Gasteiger partial charge in [0.1, 0.15) is 44.0 Å². The van der Waals surface area contributed by atoms with Crippen molar-refractivity contribution in [2.24, 2.45) is 0 Å². The summed E-state index contributed by atoms with van der Waals surface area (Å²) in [5.41, 5.74) is 1.03. The summed E-state index contributed by atoms with van der Waals surface area (Å²) < 4.78 is 80.1. The van der Waals surface area contributed by atoms with E-state index in [1.807, 2.05) is 39.0 Å². The quantitative estimate of drug-likeness (QED) is 0.183. The maximum absolute atomic E-state index is 12.6. The molecule has 1 aromatic carbocycles. The third kappa shape index (κ3) is 7.09. The van der Waals surface area contributed by atoms with Gasteiger partial charge in [0, 0.05) is 41.4 Å². The van der Waals surface area contributed by atoms with Gasteiger partial charge in [0.2, 0.25) is 5.36 Å². The van der Waals surface area contributed by atoms with Gasteiger partial charge in [-0.25, -0.2) is 21.4 Å². The van der Waals surface area contributed by atoms with E-state index in [1.54, 1.807) is 6.07 Å². The number of nitrogens with zero attached hydrogens (tertiary/aromatic N) is 1. The molecule has 0 atom stereocenters. The first-order valence-electron chi connectivity index (χ1n) is 13.5. The summed E-state index contributed by atoms with van der Waals surface area (Å²) in [5, 5.41) is 12.6. The second kappa shape index (κ2) is 12.0. The standard InChI is InChI=1S/C29H34N2O9S2/c1-4-31(15-7-5-6-8-26(32)33)21-12-9-19-16-23-27(40-25(19)17-21)28(42(37,38)39)24(18-29(23,2)3)30-20-10-13-22(14-11-20)41(34,35)36/h9-14,16-17H,4-8,15,18H2,1-3H3,(H3,32,33,34,35,36,37,38,39)/p-1. The zero-order valence-corrected chi connectivity index (χ0v) is 25.2. The van der Waals surface area contributed by atoms with E-state index < -0.39 is 41.4 Å². The number of anilines is 1. The molecule has 0 saturated heterocycles. The highest BCUT2D eigenvalue weighted by Crippen LogP contribution is 2.46. The third-order valence-electron chi connectivity index (χ3n) is 7.34. The van der Waals surface area contributed by atoms with Gasteiger partial charge in [0.05, 0.1) is 11.0 Å². The van der Waals surface area contributed by atoms with Gasteiger partial charge in [-0.15, -0.1) is 0 Å². The van der Waals surface area contributed by atoms with Crippen LogP contribution in [0.3, 0.4) is 0 Å². The summed E-state index contributed by atoms with van der Waals surface area (Å²) >= 11 is 0. The fourth-order valence-corrected chi connectivity index (χ4v) is 6.48. The molecule has 226 valence electrons. The zero-order chi connectivity index (χ0) is 30.9. The van der Waals surface area contributed by atoms with Crippen molar-refractivity contribution in [3.05, 3.63) is 70.9 Å². The summed E-state index contributed by atoms with van der Waals surface area (Å²) in [6.45, 7) is 7.17. The number of rotatable bonds is 11. The van der Waals surface area contributed by atoms with E-state index in [0.29, 0.717) is 36.5 Å². The Kier molecular flexibility index (Phi) is 8.97. The number of carboxylic acid groups (broad SMARTS) is 1. The molecule has 3 aliphatic rings. The van der Waals surface area contributed by atoms with E-state index in [-0.39, 0.29) is 24.3 Å². The lowest BCUT2D eigenvalue weighted by molar-refractivity contribution is -0.137. The molecular weight excluding hydrogens is 584 g/mol. The Morgan fingerprint density at radius 2 is 1.69 bits per heavy atom. The molecule has 4 rings (SSSR count). The molecule has 11 nitrogen and oxygen atoms in total. The summed E-state index contributed by atoms with van der Waals surface area (Å²) in [5.74, 6) is -0.493. The molecular formula is C29H33N2O9S2-. The largest absolute Gasteiger partial charge is 0.744 e. The van der Waals surface area contributed by atoms with Crippen molar-refractivity contribution in [3.63, 3.8) is 0 Å². The van der Waals surface area contributed by atoms with E-state index in [0.717, 1.165) is 35.9 Å². The molecule has 0 saturated carbocycles. The predicted octanol–water partition coefficient (Wildman–Crippen LogP) is 3.73. The second-order valence-electron chi connectivity index (χ2n) is 10.9. The molecule has 0 aromatic heterocycles. The number of hydrogen-bond donors (Lipinski definition) is 2. The van der Waals surface area contributed by atoms with Gasteiger partial charge in [-0.1, -0.05) is 13.8 Å². The molecule has 0 spiro atoms. The van der Waals surface area contributed by atoms with Crippen molar-refractivity contribution < 1.29 is 40.3 Å². The Morgan fingerprint density at radius 1 is 1.00 bits per heavy atom. The fraction of sp³-hybridized carbons (Fsp3) is 0.379. The van der Waals surface area contributed by atoms with Crippen LogP contribution >= 0.6 is 0 Å². The van der Waals surface area contributed by atoms with E-state index >= 15 is 0 Å². The van der Waals surface area contributed by atoms with Crippen LogP contribution in [-0.2, 0) is 30.4 Å². The first kappa shape index (κ1) is 31.4. The molecule has 2 N–H and O–H groups in total. The summed E-state index contributed by atoms with van der Waals surface area (Å²) in [6, 6.07) is 12.3. The van der Waals surface area contributed by atoms with Crippen molar-refractivity contribution in [1.29, 1.82) is 0 Å². The Bertz CT molecular complexity index is 1790. The van der Waals surface area contributed by atoms with Crippen LogP contribution in [0.25, 0.3) is 16.2 Å². The molecule has 42 heavy (non-hydrogen) atoms. The first-order chi connectivity index (χ1) is 19.6. The number of unbranched alkanes of at least 4 members (excludes halogenated alkanes) is 2. The molecule has 1 aliphatic heterocycles. The van der Waals surface area contributed by atoms with Crippen LogP contribution < -0.4 is 15.2 Å². The van der Waals surface area contributed by atoms with Crippen LogP contribution in [0.4, 0.5) is 5.69 Å². The summed E-state index contributed by atoms with van der Waals surface area (Å²) in [4.78, 5) is 9.80. The van der Waals surface area contributed by atoms with Crippen molar-refractivity contribution in [1.82, 2.24) is 4.58 Å². The van der Waals surface area contributed by atoms with Gasteiger partial charge in [0.25, 0.3) is 0 Å². The minimum absolute atomic E-state index is 0.0659. The highest BCUT2D eigenvalue weighted by molar-refractivity contribution is 7.95. The number of aliphatic carboxylic acids is 1. The lowest BCUT2D eigenvalue weighted by Gasteiger charge is -2.36. The molecule has 0 amide bonds. The molecule has 0 unspecified atom stereocenters. The van der Waals surface area contributed by atoms with Crippen molar-refractivity contribution >= 4 is 36.8 Å². The molecule has 2 aliphatic carbocycles. The molecule has 1 aromatic rings. The highest BCUT2D eigenvalue weighted by Gasteiger charge is 2.38. The van der Waals surface area contributed by atoms with Gasteiger partial charge >= 0.3 is 5.97 Å². The topological polar surface area (TPSA) is 180 Å². The van der Waals surface area contributed by atoms with Crippen LogP contribution in [0.15, 0.2) is 63.5 Å². The zero-order valence-electron chi connectivity index (χ0n) is 23.5. The lowest BCUT2D eigenvalue weighted by Crippen LogP contribution is -2.31. The number of fused-ring (bicyclic) bond motifs is 2. The molecule has 0 radical (unpaired) electrons. The van der Waals surface area contributed by atoms with Crippen molar-refractivity contribution in [2.75, 3.05) is 18.4 Å². The average molecular weight is 618 g/mol. The molecule has 1 heterocycles. The maximum Gasteiger partial charge on any atom is 0.303 e. The van der Waals surface area contributed by atoms with Gasteiger partial charge in [-0.05, 0) is 68.0 Å². The lowest BCUT2D eigenvalue weighted by atomic mass is 9.76. The fourth-order valence-electron chi connectivity index (χ4n) is 5.21. The monoisotopic (exact) mass is 617 g/mol.